The van der Waals surface area contributed by atoms with Gasteiger partial charge in [0.15, 0.2) is 5.69 Å². The summed E-state index contributed by atoms with van der Waals surface area (Å²) in [6.07, 6.45) is 5.81. The number of nitrogens with one attached hydrogen (secondary N) is 2. The predicted octanol–water partition coefficient (Wildman–Crippen LogP) is 1.96. The number of aromatic nitrogens is 2. The van der Waals surface area contributed by atoms with Crippen LogP contribution in [0.25, 0.3) is 0 Å². The smallest absolute Gasteiger partial charge is 0.273 e. The van der Waals surface area contributed by atoms with E-state index in [9.17, 15) is 13.2 Å². The molecule has 1 aromatic heterocycles. The third-order valence-electron chi connectivity index (χ3n) is 3.63. The summed E-state index contributed by atoms with van der Waals surface area (Å²) >= 11 is 0. The first-order valence-corrected chi connectivity index (χ1v) is 8.98. The molecule has 2 rings (SSSR count). The number of hydrogen-bond acceptors (Lipinski definition) is 4. The molecule has 8 heteroatoms. The SMILES string of the molecule is Cc1[nH]nc(C(=O)NCC2CCCCC2)c1S(=O)(=O)Cl. The number of halogens is 1. The molecule has 0 aromatic carbocycles. The van der Waals surface area contributed by atoms with Crippen LogP contribution in [0.1, 0.15) is 48.3 Å². The Kier molecular flexibility index (Phi) is 4.70. The van der Waals surface area contributed by atoms with Gasteiger partial charge in [0.05, 0.1) is 5.69 Å². The summed E-state index contributed by atoms with van der Waals surface area (Å²) in [5.41, 5.74) is 0.108. The summed E-state index contributed by atoms with van der Waals surface area (Å²) in [4.78, 5) is 11.8. The third kappa shape index (κ3) is 3.52. The second-order valence-electron chi connectivity index (χ2n) is 5.18. The van der Waals surface area contributed by atoms with E-state index in [2.05, 4.69) is 15.5 Å². The predicted molar refractivity (Wildman–Crippen MR) is 75.3 cm³/mol. The molecule has 112 valence electrons. The molecule has 0 unspecified atom stereocenters. The van der Waals surface area contributed by atoms with Gasteiger partial charge in [0, 0.05) is 17.2 Å². The fraction of sp³-hybridized carbons (Fsp3) is 0.667. The van der Waals surface area contributed by atoms with Crippen LogP contribution in [0.15, 0.2) is 4.90 Å². The van der Waals surface area contributed by atoms with Crippen LogP contribution < -0.4 is 5.32 Å². The Morgan fingerprint density at radius 2 is 2.05 bits per heavy atom. The average Bonchev–Trinajstić information content (AvgIpc) is 2.79. The number of hydrogen-bond donors (Lipinski definition) is 2. The minimum atomic E-state index is -3.99. The van der Waals surface area contributed by atoms with Gasteiger partial charge in [-0.2, -0.15) is 5.10 Å². The highest BCUT2D eigenvalue weighted by Gasteiger charge is 2.27. The Hall–Kier alpha value is -1.08. The van der Waals surface area contributed by atoms with Crippen molar-refractivity contribution in [2.75, 3.05) is 6.54 Å². The molecule has 0 saturated heterocycles. The van der Waals surface area contributed by atoms with Crippen molar-refractivity contribution in [3.05, 3.63) is 11.4 Å². The van der Waals surface area contributed by atoms with Crippen molar-refractivity contribution in [3.63, 3.8) is 0 Å². The maximum absolute atomic E-state index is 12.1. The minimum absolute atomic E-state index is 0.159. The Morgan fingerprint density at radius 3 is 2.65 bits per heavy atom. The van der Waals surface area contributed by atoms with E-state index >= 15 is 0 Å². The van der Waals surface area contributed by atoms with Gasteiger partial charge in [0.1, 0.15) is 4.90 Å². The van der Waals surface area contributed by atoms with E-state index in [-0.39, 0.29) is 16.3 Å². The minimum Gasteiger partial charge on any atom is -0.350 e. The van der Waals surface area contributed by atoms with Crippen LogP contribution in [0.3, 0.4) is 0 Å². The molecule has 1 saturated carbocycles. The zero-order valence-corrected chi connectivity index (χ0v) is 12.9. The molecule has 1 aromatic rings. The molecule has 1 amide bonds. The van der Waals surface area contributed by atoms with E-state index in [0.29, 0.717) is 12.5 Å². The van der Waals surface area contributed by atoms with Gasteiger partial charge in [-0.1, -0.05) is 19.3 Å². The van der Waals surface area contributed by atoms with Crippen LogP contribution >= 0.6 is 10.7 Å². The molecule has 1 fully saturated rings. The van der Waals surface area contributed by atoms with Crippen LogP contribution in [-0.2, 0) is 9.05 Å². The second kappa shape index (κ2) is 6.13. The number of carbonyl (C=O) groups is 1. The van der Waals surface area contributed by atoms with Crippen molar-refractivity contribution in [1.29, 1.82) is 0 Å². The molecular weight excluding hydrogens is 302 g/mol. The number of aryl methyl sites for hydroxylation is 1. The number of carbonyl (C=O) groups excluding carboxylic acids is 1. The second-order valence-corrected chi connectivity index (χ2v) is 7.68. The first-order valence-electron chi connectivity index (χ1n) is 6.67. The van der Waals surface area contributed by atoms with E-state index in [4.69, 9.17) is 10.7 Å². The van der Waals surface area contributed by atoms with Crippen LogP contribution in [0.5, 0.6) is 0 Å². The van der Waals surface area contributed by atoms with Crippen molar-refractivity contribution in [3.8, 4) is 0 Å². The third-order valence-corrected chi connectivity index (χ3v) is 5.08. The quantitative estimate of drug-likeness (QED) is 0.830. The number of rotatable bonds is 4. The van der Waals surface area contributed by atoms with Crippen LogP contribution in [-0.4, -0.2) is 31.1 Å². The monoisotopic (exact) mass is 319 g/mol. The van der Waals surface area contributed by atoms with E-state index in [1.807, 2.05) is 0 Å². The largest absolute Gasteiger partial charge is 0.350 e. The van der Waals surface area contributed by atoms with Gasteiger partial charge < -0.3 is 5.32 Å². The molecule has 1 aliphatic carbocycles. The standard InChI is InChI=1S/C12H18ClN3O3S/c1-8-11(20(13,18)19)10(16-15-8)12(17)14-7-9-5-3-2-4-6-9/h9H,2-7H2,1H3,(H,14,17)(H,15,16). The summed E-state index contributed by atoms with van der Waals surface area (Å²) < 4.78 is 22.9. The van der Waals surface area contributed by atoms with Crippen molar-refractivity contribution < 1.29 is 13.2 Å². The van der Waals surface area contributed by atoms with Gasteiger partial charge in [-0.25, -0.2) is 8.42 Å². The number of H-pyrrole nitrogens is 1. The lowest BCUT2D eigenvalue weighted by atomic mass is 9.89. The lowest BCUT2D eigenvalue weighted by Crippen LogP contribution is -2.31. The molecule has 2 N–H and O–H groups in total. The molecule has 20 heavy (non-hydrogen) atoms. The van der Waals surface area contributed by atoms with Crippen molar-refractivity contribution in [2.24, 2.45) is 5.92 Å². The Balaban J connectivity index is 2.06. The topological polar surface area (TPSA) is 91.9 Å². The number of aromatic amines is 1. The number of amides is 1. The Bertz CT molecular complexity index is 591. The Morgan fingerprint density at radius 1 is 1.40 bits per heavy atom. The lowest BCUT2D eigenvalue weighted by Gasteiger charge is -2.21. The van der Waals surface area contributed by atoms with Crippen molar-refractivity contribution in [1.82, 2.24) is 15.5 Å². The molecule has 0 spiro atoms. The molecule has 0 atom stereocenters. The summed E-state index contributed by atoms with van der Waals surface area (Å²) in [5, 5.41) is 8.98. The molecular formula is C12H18ClN3O3S. The summed E-state index contributed by atoms with van der Waals surface area (Å²) in [7, 11) is 1.34. The van der Waals surface area contributed by atoms with Gasteiger partial charge in [-0.05, 0) is 25.7 Å². The lowest BCUT2D eigenvalue weighted by molar-refractivity contribution is 0.0935. The fourth-order valence-corrected chi connectivity index (χ4v) is 3.93. The zero-order chi connectivity index (χ0) is 14.8. The highest BCUT2D eigenvalue weighted by atomic mass is 35.7. The summed E-state index contributed by atoms with van der Waals surface area (Å²) in [6.45, 7) is 2.06. The van der Waals surface area contributed by atoms with Gasteiger partial charge in [-0.15, -0.1) is 0 Å². The van der Waals surface area contributed by atoms with E-state index in [1.165, 1.54) is 26.2 Å². The first-order chi connectivity index (χ1) is 9.39. The van der Waals surface area contributed by atoms with Crippen LogP contribution in [0.4, 0.5) is 0 Å². The maximum atomic E-state index is 12.1. The van der Waals surface area contributed by atoms with Crippen LogP contribution in [0.2, 0.25) is 0 Å². The molecule has 6 nitrogen and oxygen atoms in total. The van der Waals surface area contributed by atoms with Gasteiger partial charge in [0.2, 0.25) is 0 Å². The van der Waals surface area contributed by atoms with Crippen molar-refractivity contribution in [2.45, 2.75) is 43.9 Å². The zero-order valence-electron chi connectivity index (χ0n) is 11.3. The van der Waals surface area contributed by atoms with Crippen molar-refractivity contribution >= 4 is 25.6 Å². The Labute approximate surface area is 122 Å². The van der Waals surface area contributed by atoms with Gasteiger partial charge in [-0.3, -0.25) is 9.89 Å². The molecule has 1 heterocycles. The summed E-state index contributed by atoms with van der Waals surface area (Å²) in [5.74, 6) is -0.0389. The summed E-state index contributed by atoms with van der Waals surface area (Å²) in [6, 6.07) is 0. The molecule has 0 aliphatic heterocycles. The average molecular weight is 320 g/mol. The highest BCUT2D eigenvalue weighted by molar-refractivity contribution is 8.13. The number of nitrogens with zero attached hydrogens (tertiary/aromatic N) is 1. The van der Waals surface area contributed by atoms with Gasteiger partial charge in [0.25, 0.3) is 15.0 Å². The molecule has 0 radical (unpaired) electrons. The first kappa shape index (κ1) is 15.3. The van der Waals surface area contributed by atoms with Gasteiger partial charge >= 0.3 is 0 Å². The molecule has 1 aliphatic rings. The fourth-order valence-electron chi connectivity index (χ4n) is 2.58. The van der Waals surface area contributed by atoms with Crippen LogP contribution in [0, 0.1) is 12.8 Å². The maximum Gasteiger partial charge on any atom is 0.273 e. The highest BCUT2D eigenvalue weighted by Crippen LogP contribution is 2.24. The van der Waals surface area contributed by atoms with E-state index in [0.717, 1.165) is 12.8 Å². The van der Waals surface area contributed by atoms with E-state index < -0.39 is 15.0 Å². The van der Waals surface area contributed by atoms with E-state index in [1.54, 1.807) is 0 Å². The normalized spacial score (nSPS) is 17.1. The molecule has 0 bridgehead atoms.